The lowest BCUT2D eigenvalue weighted by Crippen LogP contribution is -2.00. The Bertz CT molecular complexity index is 811. The lowest BCUT2D eigenvalue weighted by atomic mass is 10.2. The molecule has 23 heavy (non-hydrogen) atoms. The Kier molecular flexibility index (Phi) is 4.47. The van der Waals surface area contributed by atoms with Crippen LogP contribution < -0.4 is 0 Å². The number of nitrogens with one attached hydrogen (secondary N) is 1. The van der Waals surface area contributed by atoms with Crippen LogP contribution in [0.2, 0.25) is 0 Å². The standard InChI is InChI=1S/C16H15N3O3S/c1-10-13(15(20)21-2)8-12(22-10)9-23-16-17-14(18-19-16)11-6-4-3-5-7-11/h3-8H,9H2,1-2H3,(H,17,18,19). The number of furan rings is 1. The molecule has 0 amide bonds. The van der Waals surface area contributed by atoms with Crippen LogP contribution in [0.4, 0.5) is 0 Å². The van der Waals surface area contributed by atoms with Crippen molar-refractivity contribution < 1.29 is 13.9 Å². The molecule has 2 aromatic heterocycles. The van der Waals surface area contributed by atoms with E-state index in [9.17, 15) is 4.79 Å². The number of H-pyrrole nitrogens is 1. The van der Waals surface area contributed by atoms with Crippen LogP contribution in [0.1, 0.15) is 21.9 Å². The zero-order valence-electron chi connectivity index (χ0n) is 12.7. The second-order valence-corrected chi connectivity index (χ2v) is 5.74. The first-order valence-electron chi connectivity index (χ1n) is 6.95. The summed E-state index contributed by atoms with van der Waals surface area (Å²) in [5, 5.41) is 7.72. The molecule has 0 saturated carbocycles. The summed E-state index contributed by atoms with van der Waals surface area (Å²) in [6.45, 7) is 1.74. The number of aryl methyl sites for hydroxylation is 1. The van der Waals surface area contributed by atoms with Crippen LogP contribution >= 0.6 is 11.8 Å². The molecule has 0 aliphatic rings. The Morgan fingerprint density at radius 1 is 1.35 bits per heavy atom. The summed E-state index contributed by atoms with van der Waals surface area (Å²) in [5.74, 6) is 2.08. The van der Waals surface area contributed by atoms with Crippen LogP contribution in [0.3, 0.4) is 0 Å². The van der Waals surface area contributed by atoms with Gasteiger partial charge in [0.05, 0.1) is 12.9 Å². The second-order valence-electron chi connectivity index (χ2n) is 4.80. The molecule has 7 heteroatoms. The van der Waals surface area contributed by atoms with Gasteiger partial charge in [-0.05, 0) is 13.0 Å². The number of esters is 1. The lowest BCUT2D eigenvalue weighted by molar-refractivity contribution is 0.0599. The van der Waals surface area contributed by atoms with Gasteiger partial charge in [-0.25, -0.2) is 9.78 Å². The van der Waals surface area contributed by atoms with E-state index in [0.717, 1.165) is 11.4 Å². The molecule has 6 nitrogen and oxygen atoms in total. The van der Waals surface area contributed by atoms with Crippen LogP contribution in [0, 0.1) is 6.92 Å². The Morgan fingerprint density at radius 2 is 2.13 bits per heavy atom. The summed E-state index contributed by atoms with van der Waals surface area (Å²) >= 11 is 1.43. The van der Waals surface area contributed by atoms with Crippen molar-refractivity contribution in [3.05, 3.63) is 53.5 Å². The predicted molar refractivity (Wildman–Crippen MR) is 86.2 cm³/mol. The fourth-order valence-corrected chi connectivity index (χ4v) is 2.78. The quantitative estimate of drug-likeness (QED) is 0.570. The largest absolute Gasteiger partial charge is 0.465 e. The third kappa shape index (κ3) is 3.45. The van der Waals surface area contributed by atoms with Crippen LogP contribution in [0.5, 0.6) is 0 Å². The maximum absolute atomic E-state index is 11.6. The highest BCUT2D eigenvalue weighted by Crippen LogP contribution is 2.25. The number of nitrogens with zero attached hydrogens (tertiary/aromatic N) is 2. The number of benzene rings is 1. The molecule has 0 aliphatic carbocycles. The Balaban J connectivity index is 1.67. The van der Waals surface area contributed by atoms with E-state index in [1.165, 1.54) is 18.9 Å². The van der Waals surface area contributed by atoms with E-state index in [4.69, 9.17) is 9.15 Å². The molecule has 3 aromatic rings. The highest BCUT2D eigenvalue weighted by atomic mass is 32.2. The van der Waals surface area contributed by atoms with Crippen molar-refractivity contribution in [1.82, 2.24) is 15.2 Å². The van der Waals surface area contributed by atoms with Crippen LogP contribution in [0.15, 0.2) is 46.0 Å². The molecule has 2 heterocycles. The zero-order valence-corrected chi connectivity index (χ0v) is 13.5. The van der Waals surface area contributed by atoms with Gasteiger partial charge < -0.3 is 9.15 Å². The summed E-state index contributed by atoms with van der Waals surface area (Å²) in [5.41, 5.74) is 1.43. The molecule has 1 aromatic carbocycles. The third-order valence-electron chi connectivity index (χ3n) is 3.23. The molecule has 1 N–H and O–H groups in total. The van der Waals surface area contributed by atoms with Gasteiger partial charge in [-0.3, -0.25) is 5.10 Å². The van der Waals surface area contributed by atoms with Gasteiger partial charge in [-0.1, -0.05) is 42.1 Å². The van der Waals surface area contributed by atoms with E-state index in [2.05, 4.69) is 15.2 Å². The number of ether oxygens (including phenoxy) is 1. The van der Waals surface area contributed by atoms with Crippen molar-refractivity contribution >= 4 is 17.7 Å². The molecule has 0 atom stereocenters. The maximum atomic E-state index is 11.6. The number of carbonyl (C=O) groups excluding carboxylic acids is 1. The monoisotopic (exact) mass is 329 g/mol. The normalized spacial score (nSPS) is 10.7. The van der Waals surface area contributed by atoms with Gasteiger partial charge in [-0.2, -0.15) is 0 Å². The van der Waals surface area contributed by atoms with Crippen molar-refractivity contribution in [3.8, 4) is 11.4 Å². The van der Waals surface area contributed by atoms with E-state index in [0.29, 0.717) is 28.0 Å². The summed E-state index contributed by atoms with van der Waals surface area (Å²) in [6.07, 6.45) is 0. The molecule has 0 spiro atoms. The summed E-state index contributed by atoms with van der Waals surface area (Å²) in [7, 11) is 1.35. The van der Waals surface area contributed by atoms with Crippen LogP contribution in [-0.4, -0.2) is 28.3 Å². The minimum absolute atomic E-state index is 0.397. The fraction of sp³-hybridized carbons (Fsp3) is 0.188. The molecular formula is C16H15N3O3S. The summed E-state index contributed by atoms with van der Waals surface area (Å²) in [4.78, 5) is 16.0. The highest BCUT2D eigenvalue weighted by molar-refractivity contribution is 7.98. The minimum Gasteiger partial charge on any atom is -0.465 e. The van der Waals surface area contributed by atoms with Gasteiger partial charge in [0.25, 0.3) is 0 Å². The van der Waals surface area contributed by atoms with Gasteiger partial charge in [0.2, 0.25) is 5.16 Å². The number of hydrogen-bond acceptors (Lipinski definition) is 6. The number of aromatic nitrogens is 3. The van der Waals surface area contributed by atoms with Crippen molar-refractivity contribution in [2.45, 2.75) is 17.8 Å². The number of carbonyl (C=O) groups is 1. The summed E-state index contributed by atoms with van der Waals surface area (Å²) < 4.78 is 10.3. The van der Waals surface area contributed by atoms with Crippen LogP contribution in [0.25, 0.3) is 11.4 Å². The van der Waals surface area contributed by atoms with E-state index in [1.54, 1.807) is 13.0 Å². The fourth-order valence-electron chi connectivity index (χ4n) is 2.10. The van der Waals surface area contributed by atoms with Crippen molar-refractivity contribution in [1.29, 1.82) is 0 Å². The van der Waals surface area contributed by atoms with Gasteiger partial charge in [0.1, 0.15) is 17.1 Å². The Hall–Kier alpha value is -2.54. The smallest absolute Gasteiger partial charge is 0.341 e. The van der Waals surface area contributed by atoms with Gasteiger partial charge in [0.15, 0.2) is 5.82 Å². The van der Waals surface area contributed by atoms with Gasteiger partial charge >= 0.3 is 5.97 Å². The predicted octanol–water partition coefficient (Wildman–Crippen LogP) is 3.45. The molecule has 0 saturated heterocycles. The SMILES string of the molecule is COC(=O)c1cc(CSc2n[nH]c(-c3ccccc3)n2)oc1C. The number of methoxy groups -OCH3 is 1. The van der Waals surface area contributed by atoms with Crippen molar-refractivity contribution in [3.63, 3.8) is 0 Å². The van der Waals surface area contributed by atoms with E-state index in [-0.39, 0.29) is 0 Å². The second kappa shape index (κ2) is 6.70. The molecule has 118 valence electrons. The number of rotatable bonds is 5. The molecule has 0 fully saturated rings. The Morgan fingerprint density at radius 3 is 2.87 bits per heavy atom. The molecule has 0 radical (unpaired) electrons. The average Bonchev–Trinajstić information content (AvgIpc) is 3.20. The van der Waals surface area contributed by atoms with Crippen molar-refractivity contribution in [2.24, 2.45) is 0 Å². The molecule has 0 aliphatic heterocycles. The lowest BCUT2D eigenvalue weighted by Gasteiger charge is -1.93. The first kappa shape index (κ1) is 15.4. The van der Waals surface area contributed by atoms with E-state index < -0.39 is 5.97 Å². The van der Waals surface area contributed by atoms with Gasteiger partial charge in [0, 0.05) is 5.56 Å². The number of aromatic amines is 1. The Labute approximate surface area is 137 Å². The molecule has 0 unspecified atom stereocenters. The molecule has 3 rings (SSSR count). The third-order valence-corrected chi connectivity index (χ3v) is 4.10. The average molecular weight is 329 g/mol. The molecule has 0 bridgehead atoms. The first-order valence-corrected chi connectivity index (χ1v) is 7.94. The van der Waals surface area contributed by atoms with Crippen molar-refractivity contribution in [2.75, 3.05) is 7.11 Å². The van der Waals surface area contributed by atoms with Crippen LogP contribution in [-0.2, 0) is 10.5 Å². The molecular weight excluding hydrogens is 314 g/mol. The highest BCUT2D eigenvalue weighted by Gasteiger charge is 2.16. The van der Waals surface area contributed by atoms with E-state index in [1.807, 2.05) is 30.3 Å². The van der Waals surface area contributed by atoms with Gasteiger partial charge in [-0.15, -0.1) is 5.10 Å². The number of thioether (sulfide) groups is 1. The first-order chi connectivity index (χ1) is 11.2. The van der Waals surface area contributed by atoms with E-state index >= 15 is 0 Å². The topological polar surface area (TPSA) is 81.0 Å². The maximum Gasteiger partial charge on any atom is 0.341 e. The number of hydrogen-bond donors (Lipinski definition) is 1. The summed E-state index contributed by atoms with van der Waals surface area (Å²) in [6, 6.07) is 11.5. The minimum atomic E-state index is -0.397. The zero-order chi connectivity index (χ0) is 16.2.